The maximum atomic E-state index is 14.0. The van der Waals surface area contributed by atoms with Gasteiger partial charge < -0.3 is 20.6 Å². The Morgan fingerprint density at radius 2 is 1.77 bits per heavy atom. The second kappa shape index (κ2) is 9.05. The summed E-state index contributed by atoms with van der Waals surface area (Å²) in [5.41, 5.74) is -2.23. The summed E-state index contributed by atoms with van der Waals surface area (Å²) < 4.78 is 27.5. The molecule has 1 aliphatic carbocycles. The van der Waals surface area contributed by atoms with Crippen LogP contribution in [0.15, 0.2) is 34.0 Å². The Hall–Kier alpha value is -3.89. The molecule has 4 rings (SSSR count). The highest BCUT2D eigenvalue weighted by atomic mass is 19.2. The molecule has 0 radical (unpaired) electrons. The molecule has 11 heteroatoms. The van der Waals surface area contributed by atoms with Gasteiger partial charge in [0, 0.05) is 20.3 Å². The van der Waals surface area contributed by atoms with Gasteiger partial charge in [-0.25, -0.2) is 14.4 Å². The summed E-state index contributed by atoms with van der Waals surface area (Å²) >= 11 is 0. The number of anilines is 3. The molecule has 0 spiro atoms. The van der Waals surface area contributed by atoms with Crippen LogP contribution >= 0.6 is 0 Å². The Balaban J connectivity index is 1.70. The molecule has 184 valence electrons. The fourth-order valence-corrected chi connectivity index (χ4v) is 4.52. The number of amides is 1. The van der Waals surface area contributed by atoms with Crippen LogP contribution in [0.3, 0.4) is 0 Å². The number of carbonyl (C=O) groups excluding carboxylic acids is 1. The highest BCUT2D eigenvalue weighted by molar-refractivity contribution is 5.97. The van der Waals surface area contributed by atoms with Gasteiger partial charge in [-0.3, -0.25) is 14.4 Å². The van der Waals surface area contributed by atoms with Crippen molar-refractivity contribution in [1.82, 2.24) is 14.9 Å². The number of aromatic nitrogens is 2. The minimum Gasteiger partial charge on any atom is -0.504 e. The Morgan fingerprint density at radius 1 is 1.11 bits per heavy atom. The fourth-order valence-electron chi connectivity index (χ4n) is 4.52. The quantitative estimate of drug-likeness (QED) is 0.344. The fraction of sp³-hybridized carbons (Fsp3) is 0.375. The van der Waals surface area contributed by atoms with Crippen molar-refractivity contribution in [1.29, 1.82) is 0 Å². The van der Waals surface area contributed by atoms with Crippen molar-refractivity contribution in [3.05, 3.63) is 68.0 Å². The van der Waals surface area contributed by atoms with Crippen LogP contribution < -0.4 is 21.5 Å². The van der Waals surface area contributed by atoms with Gasteiger partial charge in [-0.2, -0.15) is 4.39 Å². The number of pyridine rings is 2. The van der Waals surface area contributed by atoms with Crippen molar-refractivity contribution < 1.29 is 18.7 Å². The highest BCUT2D eigenvalue weighted by Gasteiger charge is 2.40. The van der Waals surface area contributed by atoms with Crippen LogP contribution in [0.25, 0.3) is 0 Å². The zero-order chi connectivity index (χ0) is 25.5. The number of carbonyl (C=O) groups is 1. The molecule has 3 aromatic rings. The molecule has 1 atom stereocenters. The van der Waals surface area contributed by atoms with E-state index in [9.17, 15) is 28.3 Å². The van der Waals surface area contributed by atoms with Gasteiger partial charge in [0.15, 0.2) is 17.3 Å². The molecule has 2 heterocycles. The first-order chi connectivity index (χ1) is 16.5. The van der Waals surface area contributed by atoms with Gasteiger partial charge in [0.2, 0.25) is 5.95 Å². The van der Waals surface area contributed by atoms with E-state index in [0.717, 1.165) is 31.7 Å². The molecule has 1 aliphatic rings. The summed E-state index contributed by atoms with van der Waals surface area (Å²) in [6.45, 7) is 1.97. The predicted octanol–water partition coefficient (Wildman–Crippen LogP) is 3.24. The van der Waals surface area contributed by atoms with Crippen LogP contribution in [0.4, 0.5) is 25.8 Å². The summed E-state index contributed by atoms with van der Waals surface area (Å²) in [6, 6.07) is 3.01. The maximum Gasteiger partial charge on any atom is 0.275 e. The first kappa shape index (κ1) is 24.2. The molecule has 0 saturated heterocycles. The molecular weight excluding hydrogens is 460 g/mol. The lowest BCUT2D eigenvalue weighted by atomic mass is 9.78. The van der Waals surface area contributed by atoms with Crippen molar-refractivity contribution in [2.45, 2.75) is 38.6 Å². The van der Waals surface area contributed by atoms with Gasteiger partial charge in [-0.15, -0.1) is 0 Å². The molecule has 0 aliphatic heterocycles. The molecular formula is C24H25F2N5O4. The van der Waals surface area contributed by atoms with Crippen molar-refractivity contribution >= 4 is 23.0 Å². The minimum atomic E-state index is -1.25. The molecule has 1 saturated carbocycles. The molecule has 1 aromatic carbocycles. The Labute approximate surface area is 199 Å². The van der Waals surface area contributed by atoms with E-state index in [1.54, 1.807) is 0 Å². The summed E-state index contributed by atoms with van der Waals surface area (Å²) in [4.78, 5) is 46.1. The standard InChI is InChI=1S/C24H25F2N5O4/c1-24(9-4-5-10-24)21(14-7-6-12(25)22(26)29-14)30-16-15(19(33)20(16)34)28-13-8-11-27-17(18(13)32)23(35)31(2)3/h6-8,11,21,30,32H,4-5,9-10H2,1-3H3,(H,27,28)/t21-/m0/s1. The Kier molecular flexibility index (Phi) is 6.27. The van der Waals surface area contributed by atoms with E-state index < -0.39 is 45.7 Å². The van der Waals surface area contributed by atoms with Gasteiger partial charge >= 0.3 is 0 Å². The zero-order valence-corrected chi connectivity index (χ0v) is 19.5. The number of rotatable bonds is 7. The topological polar surface area (TPSA) is 125 Å². The number of hydrogen-bond donors (Lipinski definition) is 3. The third kappa shape index (κ3) is 4.33. The van der Waals surface area contributed by atoms with Crippen molar-refractivity contribution in [3.63, 3.8) is 0 Å². The third-order valence-electron chi connectivity index (χ3n) is 6.55. The molecule has 0 bridgehead atoms. The Bertz CT molecular complexity index is 1360. The molecule has 1 fully saturated rings. The first-order valence-electron chi connectivity index (χ1n) is 11.1. The van der Waals surface area contributed by atoms with Crippen molar-refractivity contribution in [3.8, 4) is 5.75 Å². The minimum absolute atomic E-state index is 0.00919. The Morgan fingerprint density at radius 3 is 2.40 bits per heavy atom. The zero-order valence-electron chi connectivity index (χ0n) is 19.5. The molecule has 9 nitrogen and oxygen atoms in total. The largest absolute Gasteiger partial charge is 0.504 e. The van der Waals surface area contributed by atoms with E-state index in [0.29, 0.717) is 0 Å². The van der Waals surface area contributed by atoms with Crippen LogP contribution in [-0.4, -0.2) is 40.0 Å². The normalized spacial score (nSPS) is 15.7. The highest BCUT2D eigenvalue weighted by Crippen LogP contribution is 2.48. The van der Waals surface area contributed by atoms with Gasteiger partial charge in [-0.1, -0.05) is 19.8 Å². The summed E-state index contributed by atoms with van der Waals surface area (Å²) in [7, 11) is 3.00. The molecule has 0 unspecified atom stereocenters. The summed E-state index contributed by atoms with van der Waals surface area (Å²) in [6.07, 6.45) is 4.63. The lowest BCUT2D eigenvalue weighted by molar-refractivity contribution is 0.0819. The first-order valence-corrected chi connectivity index (χ1v) is 11.1. The average molecular weight is 485 g/mol. The van der Waals surface area contributed by atoms with E-state index in [-0.39, 0.29) is 28.5 Å². The molecule has 1 amide bonds. The maximum absolute atomic E-state index is 14.0. The number of hydrogen-bond acceptors (Lipinski definition) is 8. The van der Waals surface area contributed by atoms with Gasteiger partial charge in [0.05, 0.1) is 17.4 Å². The second-order valence-electron chi connectivity index (χ2n) is 9.24. The van der Waals surface area contributed by atoms with Crippen molar-refractivity contribution in [2.24, 2.45) is 5.41 Å². The van der Waals surface area contributed by atoms with Crippen molar-refractivity contribution in [2.75, 3.05) is 24.7 Å². The van der Waals surface area contributed by atoms with Gasteiger partial charge in [0.25, 0.3) is 16.8 Å². The van der Waals surface area contributed by atoms with E-state index in [1.807, 2.05) is 6.92 Å². The molecule has 2 aromatic heterocycles. The number of nitrogens with one attached hydrogen (secondary N) is 2. The number of halogens is 2. The van der Waals surface area contributed by atoms with Crippen LogP contribution in [0, 0.1) is 17.2 Å². The molecule has 3 N–H and O–H groups in total. The SMILES string of the molecule is CN(C)C(=O)c1nccc(Nc2c(N[C@@H](c3ccc(F)c(F)n3)C3(C)CCCC3)c(=O)c2=O)c1O. The van der Waals surface area contributed by atoms with E-state index in [4.69, 9.17) is 0 Å². The van der Waals surface area contributed by atoms with Crippen LogP contribution in [0.5, 0.6) is 5.75 Å². The lowest BCUT2D eigenvalue weighted by Crippen LogP contribution is -2.40. The van der Waals surface area contributed by atoms with Crippen LogP contribution in [0.2, 0.25) is 0 Å². The number of aromatic hydroxyl groups is 1. The van der Waals surface area contributed by atoms with Crippen LogP contribution in [-0.2, 0) is 0 Å². The lowest BCUT2D eigenvalue weighted by Gasteiger charge is -2.35. The summed E-state index contributed by atoms with van der Waals surface area (Å²) in [5, 5.41) is 16.3. The number of nitrogens with zero attached hydrogens (tertiary/aromatic N) is 3. The van der Waals surface area contributed by atoms with Gasteiger partial charge in [0.1, 0.15) is 11.4 Å². The van der Waals surface area contributed by atoms with Crippen LogP contribution in [0.1, 0.15) is 54.8 Å². The smallest absolute Gasteiger partial charge is 0.275 e. The van der Waals surface area contributed by atoms with Gasteiger partial charge in [-0.05, 0) is 36.5 Å². The van der Waals surface area contributed by atoms with E-state index >= 15 is 0 Å². The average Bonchev–Trinajstić information content (AvgIpc) is 3.27. The third-order valence-corrected chi connectivity index (χ3v) is 6.55. The molecule has 35 heavy (non-hydrogen) atoms. The predicted molar refractivity (Wildman–Crippen MR) is 126 cm³/mol. The monoisotopic (exact) mass is 485 g/mol. The van der Waals surface area contributed by atoms with E-state index in [2.05, 4.69) is 20.6 Å². The van der Waals surface area contributed by atoms with E-state index in [1.165, 1.54) is 37.3 Å². The second-order valence-corrected chi connectivity index (χ2v) is 9.24. The summed E-state index contributed by atoms with van der Waals surface area (Å²) in [5.74, 6) is -3.37.